The third-order valence-corrected chi connectivity index (χ3v) is 4.64. The molecule has 0 atom stereocenters. The molecule has 1 aromatic heterocycles. The van der Waals surface area contributed by atoms with Gasteiger partial charge in [0.2, 0.25) is 11.2 Å². The summed E-state index contributed by atoms with van der Waals surface area (Å²) in [5, 5.41) is 67.9. The van der Waals surface area contributed by atoms with Crippen molar-refractivity contribution >= 4 is 16.9 Å². The second-order valence-electron chi connectivity index (χ2n) is 6.88. The molecular weight excluding hydrogens is 440 g/mol. The van der Waals surface area contributed by atoms with Gasteiger partial charge >= 0.3 is 5.97 Å². The highest BCUT2D eigenvalue weighted by Crippen LogP contribution is 2.41. The first-order valence-electron chi connectivity index (χ1n) is 9.09. The van der Waals surface area contributed by atoms with E-state index < -0.39 is 68.4 Å². The lowest BCUT2D eigenvalue weighted by Crippen LogP contribution is -2.16. The number of carbonyl (C=O) groups excluding carboxylic acids is 1. The fourth-order valence-corrected chi connectivity index (χ4v) is 3.12. The van der Waals surface area contributed by atoms with Gasteiger partial charge < -0.3 is 44.9 Å². The van der Waals surface area contributed by atoms with E-state index in [0.717, 1.165) is 42.5 Å². The molecule has 0 radical (unpaired) electrons. The average molecular weight is 454 g/mol. The maximum atomic E-state index is 13.1. The summed E-state index contributed by atoms with van der Waals surface area (Å²) in [4.78, 5) is 25.8. The highest BCUT2D eigenvalue weighted by Gasteiger charge is 2.26. The van der Waals surface area contributed by atoms with Crippen molar-refractivity contribution in [2.75, 3.05) is 0 Å². The van der Waals surface area contributed by atoms with Gasteiger partial charge in [0.05, 0.1) is 11.1 Å². The largest absolute Gasteiger partial charge is 0.508 e. The summed E-state index contributed by atoms with van der Waals surface area (Å²) in [6, 6.07) is 6.66. The first kappa shape index (κ1) is 21.2. The van der Waals surface area contributed by atoms with Gasteiger partial charge in [-0.1, -0.05) is 0 Å². The summed E-state index contributed by atoms with van der Waals surface area (Å²) in [6.07, 6.45) is 0. The molecule has 0 saturated heterocycles. The number of phenols is 7. The van der Waals surface area contributed by atoms with Crippen LogP contribution in [-0.2, 0) is 0 Å². The number of ether oxygens (including phenoxy) is 1. The molecule has 11 heteroatoms. The summed E-state index contributed by atoms with van der Waals surface area (Å²) in [6.45, 7) is 0. The number of benzene rings is 3. The number of hydrogen-bond acceptors (Lipinski definition) is 11. The standard InChI is InChI=1S/C22H14O11/c23-9-1-2-11(12(25)5-9)20-21(19(30)17-13(26)6-10(24)7-16(17)32-20)33-22(31)8-3-14(27)18(29)15(28)4-8/h1-7,23-29H. The van der Waals surface area contributed by atoms with Crippen LogP contribution in [0.5, 0.6) is 46.0 Å². The maximum absolute atomic E-state index is 13.1. The van der Waals surface area contributed by atoms with Crippen LogP contribution < -0.4 is 10.2 Å². The zero-order chi connectivity index (χ0) is 24.0. The molecule has 1 heterocycles. The Morgan fingerprint density at radius 2 is 1.39 bits per heavy atom. The van der Waals surface area contributed by atoms with Gasteiger partial charge in [0, 0.05) is 18.2 Å². The van der Waals surface area contributed by atoms with Crippen LogP contribution >= 0.6 is 0 Å². The molecule has 7 N–H and O–H groups in total. The summed E-state index contributed by atoms with van der Waals surface area (Å²) in [5.74, 6) is -7.10. The van der Waals surface area contributed by atoms with Crippen molar-refractivity contribution in [1.29, 1.82) is 0 Å². The predicted molar refractivity (Wildman–Crippen MR) is 111 cm³/mol. The van der Waals surface area contributed by atoms with Gasteiger partial charge in [0.15, 0.2) is 23.0 Å². The van der Waals surface area contributed by atoms with Gasteiger partial charge in [-0.15, -0.1) is 0 Å². The molecular formula is C22H14O11. The molecule has 0 bridgehead atoms. The highest BCUT2D eigenvalue weighted by molar-refractivity contribution is 5.95. The Morgan fingerprint density at radius 1 is 0.758 bits per heavy atom. The summed E-state index contributed by atoms with van der Waals surface area (Å²) >= 11 is 0. The lowest BCUT2D eigenvalue weighted by Gasteiger charge is -2.13. The summed E-state index contributed by atoms with van der Waals surface area (Å²) in [7, 11) is 0. The average Bonchev–Trinajstić information content (AvgIpc) is 2.73. The number of rotatable bonds is 3. The van der Waals surface area contributed by atoms with Crippen molar-refractivity contribution in [3.05, 3.63) is 58.3 Å². The lowest BCUT2D eigenvalue weighted by atomic mass is 10.1. The van der Waals surface area contributed by atoms with Crippen LogP contribution in [0.4, 0.5) is 0 Å². The number of aromatic hydroxyl groups is 7. The highest BCUT2D eigenvalue weighted by atomic mass is 16.5. The Hall–Kier alpha value is -5.06. The van der Waals surface area contributed by atoms with Crippen molar-refractivity contribution in [2.24, 2.45) is 0 Å². The van der Waals surface area contributed by atoms with Gasteiger partial charge in [-0.3, -0.25) is 4.79 Å². The minimum absolute atomic E-state index is 0.186. The first-order chi connectivity index (χ1) is 15.6. The van der Waals surface area contributed by atoms with E-state index in [1.165, 1.54) is 0 Å². The second kappa shape index (κ2) is 7.57. The SMILES string of the molecule is O=C(Oc1c(-c2ccc(O)cc2O)oc2cc(O)cc(O)c2c1=O)c1cc(O)c(O)c(O)c1. The Kier molecular flexibility index (Phi) is 4.86. The molecule has 0 spiro atoms. The smallest absolute Gasteiger partial charge is 0.344 e. The van der Waals surface area contributed by atoms with E-state index in [4.69, 9.17) is 9.15 Å². The van der Waals surface area contributed by atoms with Gasteiger partial charge in [-0.05, 0) is 24.3 Å². The van der Waals surface area contributed by atoms with E-state index in [9.17, 15) is 45.3 Å². The van der Waals surface area contributed by atoms with Gasteiger partial charge in [0.25, 0.3) is 0 Å². The topological polar surface area (TPSA) is 198 Å². The van der Waals surface area contributed by atoms with Crippen LogP contribution in [-0.4, -0.2) is 41.7 Å². The molecule has 0 aliphatic heterocycles. The van der Waals surface area contributed by atoms with Crippen LogP contribution in [0.25, 0.3) is 22.3 Å². The molecule has 0 aliphatic carbocycles. The molecule has 3 aromatic carbocycles. The molecule has 33 heavy (non-hydrogen) atoms. The number of carbonyl (C=O) groups is 1. The van der Waals surface area contributed by atoms with Crippen LogP contribution in [0.1, 0.15) is 10.4 Å². The van der Waals surface area contributed by atoms with Gasteiger partial charge in [-0.25, -0.2) is 4.79 Å². The van der Waals surface area contributed by atoms with E-state index in [-0.39, 0.29) is 16.9 Å². The summed E-state index contributed by atoms with van der Waals surface area (Å²) < 4.78 is 10.7. The molecule has 4 rings (SSSR count). The molecule has 0 unspecified atom stereocenters. The van der Waals surface area contributed by atoms with Gasteiger partial charge in [0.1, 0.15) is 34.0 Å². The van der Waals surface area contributed by atoms with Crippen LogP contribution in [0, 0.1) is 0 Å². The van der Waals surface area contributed by atoms with E-state index in [1.807, 2.05) is 0 Å². The minimum atomic E-state index is -1.27. The lowest BCUT2D eigenvalue weighted by molar-refractivity contribution is 0.0730. The van der Waals surface area contributed by atoms with Crippen molar-refractivity contribution in [2.45, 2.75) is 0 Å². The summed E-state index contributed by atoms with van der Waals surface area (Å²) in [5.41, 5.74) is -2.01. The van der Waals surface area contributed by atoms with Crippen LogP contribution in [0.3, 0.4) is 0 Å². The first-order valence-corrected chi connectivity index (χ1v) is 9.09. The van der Waals surface area contributed by atoms with Crippen LogP contribution in [0.15, 0.2) is 51.7 Å². The molecule has 168 valence electrons. The van der Waals surface area contributed by atoms with Crippen molar-refractivity contribution in [1.82, 2.24) is 0 Å². The normalized spacial score (nSPS) is 10.9. The minimum Gasteiger partial charge on any atom is -0.508 e. The molecule has 4 aromatic rings. The van der Waals surface area contributed by atoms with E-state index in [0.29, 0.717) is 0 Å². The quantitative estimate of drug-likeness (QED) is 0.177. The third-order valence-electron chi connectivity index (χ3n) is 4.64. The third kappa shape index (κ3) is 3.63. The second-order valence-corrected chi connectivity index (χ2v) is 6.88. The molecule has 0 aliphatic rings. The number of hydrogen-bond donors (Lipinski definition) is 7. The number of fused-ring (bicyclic) bond motifs is 1. The van der Waals surface area contributed by atoms with E-state index in [1.54, 1.807) is 0 Å². The Morgan fingerprint density at radius 3 is 2.03 bits per heavy atom. The van der Waals surface area contributed by atoms with Gasteiger partial charge in [-0.2, -0.15) is 0 Å². The fourth-order valence-electron chi connectivity index (χ4n) is 3.12. The zero-order valence-electron chi connectivity index (χ0n) is 16.3. The molecule has 0 saturated carbocycles. The molecule has 0 fully saturated rings. The van der Waals surface area contributed by atoms with E-state index in [2.05, 4.69) is 0 Å². The van der Waals surface area contributed by atoms with Crippen molar-refractivity contribution in [3.8, 4) is 57.3 Å². The van der Waals surface area contributed by atoms with E-state index >= 15 is 0 Å². The fraction of sp³-hybridized carbons (Fsp3) is 0. The monoisotopic (exact) mass is 454 g/mol. The van der Waals surface area contributed by atoms with Crippen molar-refractivity contribution < 1.29 is 49.7 Å². The van der Waals surface area contributed by atoms with Crippen molar-refractivity contribution in [3.63, 3.8) is 0 Å². The van der Waals surface area contributed by atoms with Crippen LogP contribution in [0.2, 0.25) is 0 Å². The Balaban J connectivity index is 1.97. The Labute approximate surface area is 182 Å². The maximum Gasteiger partial charge on any atom is 0.344 e. The number of phenolic OH excluding ortho intramolecular Hbond substituents is 7. The number of esters is 1. The zero-order valence-corrected chi connectivity index (χ0v) is 16.3. The predicted octanol–water partition coefficient (Wildman–Crippen LogP) is 2.62. The Bertz CT molecular complexity index is 1480. The molecule has 0 amide bonds. The molecule has 11 nitrogen and oxygen atoms in total.